The summed E-state index contributed by atoms with van der Waals surface area (Å²) in [6.07, 6.45) is 1.80. The highest BCUT2D eigenvalue weighted by Gasteiger charge is 2.51. The SMILES string of the molecule is COCC(Nc1ccccc1OC)(C(=O)O)C1CC1. The Morgan fingerprint density at radius 3 is 2.63 bits per heavy atom. The lowest BCUT2D eigenvalue weighted by atomic mass is 9.93. The van der Waals surface area contributed by atoms with E-state index in [2.05, 4.69) is 5.32 Å². The van der Waals surface area contributed by atoms with Crippen LogP contribution in [0.5, 0.6) is 5.75 Å². The molecule has 19 heavy (non-hydrogen) atoms. The molecule has 1 aromatic carbocycles. The average molecular weight is 265 g/mol. The fraction of sp³-hybridized carbons (Fsp3) is 0.500. The number of carboxylic acids is 1. The van der Waals surface area contributed by atoms with Crippen LogP contribution in [0.3, 0.4) is 0 Å². The molecule has 1 fully saturated rings. The van der Waals surface area contributed by atoms with E-state index >= 15 is 0 Å². The lowest BCUT2D eigenvalue weighted by molar-refractivity contribution is -0.145. The van der Waals surface area contributed by atoms with Crippen LogP contribution in [0.1, 0.15) is 12.8 Å². The molecule has 104 valence electrons. The third kappa shape index (κ3) is 2.66. The van der Waals surface area contributed by atoms with E-state index in [1.54, 1.807) is 13.2 Å². The largest absolute Gasteiger partial charge is 0.495 e. The first-order chi connectivity index (χ1) is 9.14. The zero-order chi connectivity index (χ0) is 13.9. The fourth-order valence-corrected chi connectivity index (χ4v) is 2.34. The van der Waals surface area contributed by atoms with Crippen LogP contribution in [0.2, 0.25) is 0 Å². The van der Waals surface area contributed by atoms with Crippen molar-refractivity contribution in [2.45, 2.75) is 18.4 Å². The van der Waals surface area contributed by atoms with Crippen molar-refractivity contribution in [1.82, 2.24) is 0 Å². The van der Waals surface area contributed by atoms with Gasteiger partial charge in [0.25, 0.3) is 0 Å². The molecule has 5 nitrogen and oxygen atoms in total. The van der Waals surface area contributed by atoms with Crippen LogP contribution < -0.4 is 10.1 Å². The lowest BCUT2D eigenvalue weighted by Gasteiger charge is -2.31. The highest BCUT2D eigenvalue weighted by Crippen LogP contribution is 2.43. The number of anilines is 1. The third-order valence-electron chi connectivity index (χ3n) is 3.49. The first-order valence-electron chi connectivity index (χ1n) is 6.27. The number of rotatable bonds is 7. The number of para-hydroxylation sites is 2. The van der Waals surface area contributed by atoms with Crippen molar-refractivity contribution in [3.63, 3.8) is 0 Å². The van der Waals surface area contributed by atoms with E-state index in [4.69, 9.17) is 9.47 Å². The molecule has 0 spiro atoms. The predicted octanol–water partition coefficient (Wildman–Crippen LogP) is 1.99. The molecule has 0 aromatic heterocycles. The van der Waals surface area contributed by atoms with Gasteiger partial charge in [-0.3, -0.25) is 0 Å². The fourth-order valence-electron chi connectivity index (χ4n) is 2.34. The number of nitrogens with one attached hydrogen (secondary N) is 1. The second-order valence-electron chi connectivity index (χ2n) is 4.81. The minimum atomic E-state index is -1.08. The second kappa shape index (κ2) is 5.48. The number of hydrogen-bond donors (Lipinski definition) is 2. The first-order valence-corrected chi connectivity index (χ1v) is 6.27. The molecule has 0 radical (unpaired) electrons. The number of methoxy groups -OCH3 is 2. The molecule has 1 aromatic rings. The maximum Gasteiger partial charge on any atom is 0.332 e. The van der Waals surface area contributed by atoms with Gasteiger partial charge in [0.1, 0.15) is 5.75 Å². The predicted molar refractivity (Wildman–Crippen MR) is 71.6 cm³/mol. The molecule has 1 atom stereocenters. The Hall–Kier alpha value is -1.75. The average Bonchev–Trinajstić information content (AvgIpc) is 3.23. The Kier molecular flexibility index (Phi) is 3.95. The summed E-state index contributed by atoms with van der Waals surface area (Å²) >= 11 is 0. The van der Waals surface area contributed by atoms with E-state index in [0.29, 0.717) is 11.4 Å². The summed E-state index contributed by atoms with van der Waals surface area (Å²) in [6.45, 7) is 0.130. The molecule has 1 aliphatic rings. The summed E-state index contributed by atoms with van der Waals surface area (Å²) in [4.78, 5) is 11.7. The van der Waals surface area contributed by atoms with Crippen LogP contribution in [-0.2, 0) is 9.53 Å². The third-order valence-corrected chi connectivity index (χ3v) is 3.49. The molecule has 0 saturated heterocycles. The highest BCUT2D eigenvalue weighted by atomic mass is 16.5. The smallest absolute Gasteiger partial charge is 0.332 e. The molecule has 0 amide bonds. The summed E-state index contributed by atoms with van der Waals surface area (Å²) in [7, 11) is 3.08. The maximum absolute atomic E-state index is 11.7. The quantitative estimate of drug-likeness (QED) is 0.789. The molecule has 1 unspecified atom stereocenters. The number of carboxylic acid groups (broad SMARTS) is 1. The number of benzene rings is 1. The Balaban J connectivity index is 2.31. The monoisotopic (exact) mass is 265 g/mol. The van der Waals surface area contributed by atoms with Crippen molar-refractivity contribution in [3.8, 4) is 5.75 Å². The molecule has 2 rings (SSSR count). The molecule has 0 aliphatic heterocycles. The zero-order valence-corrected chi connectivity index (χ0v) is 11.2. The minimum Gasteiger partial charge on any atom is -0.495 e. The molecule has 0 bridgehead atoms. The normalized spacial score (nSPS) is 17.6. The number of ether oxygens (including phenoxy) is 2. The van der Waals surface area contributed by atoms with E-state index in [1.165, 1.54) is 7.11 Å². The molecule has 0 heterocycles. The van der Waals surface area contributed by atoms with Gasteiger partial charge in [0, 0.05) is 7.11 Å². The van der Waals surface area contributed by atoms with Crippen molar-refractivity contribution >= 4 is 11.7 Å². The van der Waals surface area contributed by atoms with Gasteiger partial charge < -0.3 is 19.9 Å². The number of carbonyl (C=O) groups is 1. The minimum absolute atomic E-state index is 0.0925. The summed E-state index contributed by atoms with van der Waals surface area (Å²) < 4.78 is 10.4. The van der Waals surface area contributed by atoms with Crippen LogP contribution in [0.15, 0.2) is 24.3 Å². The van der Waals surface area contributed by atoms with Gasteiger partial charge in [-0.1, -0.05) is 12.1 Å². The van der Waals surface area contributed by atoms with E-state index in [1.807, 2.05) is 18.2 Å². The zero-order valence-electron chi connectivity index (χ0n) is 11.2. The second-order valence-corrected chi connectivity index (χ2v) is 4.81. The molecule has 2 N–H and O–H groups in total. The standard InChI is InChI=1S/C14H19NO4/c1-18-9-14(13(16)17,10-7-8-10)15-11-5-3-4-6-12(11)19-2/h3-6,10,15H,7-9H2,1-2H3,(H,16,17). The molecule has 1 saturated carbocycles. The van der Waals surface area contributed by atoms with Crippen LogP contribution in [-0.4, -0.2) is 37.4 Å². The van der Waals surface area contributed by atoms with Crippen molar-refractivity contribution in [2.75, 3.05) is 26.1 Å². The summed E-state index contributed by atoms with van der Waals surface area (Å²) in [5, 5.41) is 12.7. The van der Waals surface area contributed by atoms with Crippen molar-refractivity contribution in [1.29, 1.82) is 0 Å². The van der Waals surface area contributed by atoms with Crippen molar-refractivity contribution in [3.05, 3.63) is 24.3 Å². The summed E-state index contributed by atoms with van der Waals surface area (Å²) in [5.74, 6) is -0.164. The van der Waals surface area contributed by atoms with E-state index in [-0.39, 0.29) is 12.5 Å². The highest BCUT2D eigenvalue weighted by molar-refractivity contribution is 5.85. The summed E-state index contributed by atoms with van der Waals surface area (Å²) in [6, 6.07) is 7.31. The van der Waals surface area contributed by atoms with E-state index < -0.39 is 11.5 Å². The Morgan fingerprint density at radius 2 is 2.11 bits per heavy atom. The van der Waals surface area contributed by atoms with E-state index in [9.17, 15) is 9.90 Å². The van der Waals surface area contributed by atoms with Crippen molar-refractivity contribution in [2.24, 2.45) is 5.92 Å². The Bertz CT molecular complexity index is 459. The van der Waals surface area contributed by atoms with Gasteiger partial charge in [0.05, 0.1) is 19.4 Å². The number of hydrogen-bond acceptors (Lipinski definition) is 4. The Morgan fingerprint density at radius 1 is 1.42 bits per heavy atom. The van der Waals surface area contributed by atoms with Crippen molar-refractivity contribution < 1.29 is 19.4 Å². The summed E-state index contributed by atoms with van der Waals surface area (Å²) in [5.41, 5.74) is -0.403. The molecular weight excluding hydrogens is 246 g/mol. The van der Waals surface area contributed by atoms with Crippen LogP contribution in [0.4, 0.5) is 5.69 Å². The topological polar surface area (TPSA) is 67.8 Å². The van der Waals surface area contributed by atoms with Gasteiger partial charge in [-0.15, -0.1) is 0 Å². The molecule has 5 heteroatoms. The van der Waals surface area contributed by atoms with Gasteiger partial charge in [-0.2, -0.15) is 0 Å². The molecule has 1 aliphatic carbocycles. The van der Waals surface area contributed by atoms with Gasteiger partial charge in [0.2, 0.25) is 0 Å². The van der Waals surface area contributed by atoms with Gasteiger partial charge >= 0.3 is 5.97 Å². The van der Waals surface area contributed by atoms with Crippen LogP contribution >= 0.6 is 0 Å². The van der Waals surface area contributed by atoms with Crippen LogP contribution in [0.25, 0.3) is 0 Å². The maximum atomic E-state index is 11.7. The van der Waals surface area contributed by atoms with Crippen LogP contribution in [0, 0.1) is 5.92 Å². The number of aliphatic carboxylic acids is 1. The lowest BCUT2D eigenvalue weighted by Crippen LogP contribution is -2.52. The Labute approximate surface area is 112 Å². The van der Waals surface area contributed by atoms with E-state index in [0.717, 1.165) is 12.8 Å². The van der Waals surface area contributed by atoms with Gasteiger partial charge in [-0.25, -0.2) is 4.79 Å². The van der Waals surface area contributed by atoms with Gasteiger partial charge in [0.15, 0.2) is 5.54 Å². The van der Waals surface area contributed by atoms with Gasteiger partial charge in [-0.05, 0) is 30.9 Å². The molecular formula is C14H19NO4. The first kappa shape index (κ1) is 13.7.